The van der Waals surface area contributed by atoms with Crippen molar-refractivity contribution >= 4 is 66.4 Å². The van der Waals surface area contributed by atoms with Crippen LogP contribution in [-0.2, 0) is 51.4 Å². The summed E-state index contributed by atoms with van der Waals surface area (Å²) in [6.07, 6.45) is 23.8. The number of para-hydroxylation sites is 4. The fourth-order valence-electron chi connectivity index (χ4n) is 13.2. The zero-order valence-corrected chi connectivity index (χ0v) is 47.1. The quantitative estimate of drug-likeness (QED) is 0.0491. The summed E-state index contributed by atoms with van der Waals surface area (Å²) in [7, 11) is 0. The number of hydrogen-bond acceptors (Lipinski definition) is 10. The van der Waals surface area contributed by atoms with Gasteiger partial charge in [0.1, 0.15) is 0 Å². The predicted octanol–water partition coefficient (Wildman–Crippen LogP) is 14.3. The molecule has 12 rings (SSSR count). The highest BCUT2D eigenvalue weighted by Crippen LogP contribution is 2.37. The molecule has 0 aliphatic heterocycles. The van der Waals surface area contributed by atoms with Gasteiger partial charge in [0.2, 0.25) is 0 Å². The Kier molecular flexibility index (Phi) is 18.2. The van der Waals surface area contributed by atoms with Gasteiger partial charge in [-0.05, 0) is 214 Å². The molecule has 4 N–H and O–H groups in total. The Balaban J connectivity index is 0.000000165. The molecule has 0 amide bonds. The number of benzene rings is 4. The summed E-state index contributed by atoms with van der Waals surface area (Å²) < 4.78 is 0. The predicted molar refractivity (Wildman–Crippen MR) is 330 cm³/mol. The second kappa shape index (κ2) is 26.5. The summed E-state index contributed by atoms with van der Waals surface area (Å²) in [5, 5.41) is 20.5. The van der Waals surface area contributed by atoms with Crippen molar-refractivity contribution in [2.24, 2.45) is 0 Å². The molecule has 4 aliphatic rings. The number of rotatable bonds is 22. The average molecular weight is 1040 g/mol. The van der Waals surface area contributed by atoms with Crippen LogP contribution in [0.5, 0.6) is 0 Å². The maximum atomic E-state index is 4.99. The summed E-state index contributed by atoms with van der Waals surface area (Å²) >= 11 is 0. The molecule has 0 radical (unpaired) electrons. The molecule has 0 fully saturated rings. The fraction of sp³-hybridized carbons (Fsp3) is 0.471. The molecular formula is C68H86N10. The first-order valence-corrected chi connectivity index (χ1v) is 30.7. The Bertz CT molecular complexity index is 2860. The maximum Gasteiger partial charge on any atom is 0.0726 e. The van der Waals surface area contributed by atoms with Crippen LogP contribution in [0, 0.1) is 0 Å². The molecule has 78 heavy (non-hydrogen) atoms. The number of aromatic nitrogens is 4. The highest BCUT2D eigenvalue weighted by molar-refractivity contribution is 5.96. The second-order valence-electron chi connectivity index (χ2n) is 22.5. The van der Waals surface area contributed by atoms with E-state index in [4.69, 9.17) is 19.9 Å². The molecule has 0 saturated carbocycles. The third-order valence-corrected chi connectivity index (χ3v) is 17.4. The lowest BCUT2D eigenvalue weighted by atomic mass is 9.92. The van der Waals surface area contributed by atoms with Crippen LogP contribution < -0.4 is 21.3 Å². The molecule has 0 atom stereocenters. The molecule has 0 spiro atoms. The summed E-state index contributed by atoms with van der Waals surface area (Å²) in [6.45, 7) is 15.3. The minimum Gasteiger partial charge on any atom is -0.384 e. The molecular weight excluding hydrogens is 957 g/mol. The minimum absolute atomic E-state index is 1.00. The molecule has 10 heteroatoms. The lowest BCUT2D eigenvalue weighted by Crippen LogP contribution is -2.28. The van der Waals surface area contributed by atoms with Crippen molar-refractivity contribution in [3.63, 3.8) is 0 Å². The van der Waals surface area contributed by atoms with Gasteiger partial charge in [-0.15, -0.1) is 0 Å². The number of pyridine rings is 4. The normalized spacial score (nSPS) is 14.9. The lowest BCUT2D eigenvalue weighted by Gasteiger charge is -2.24. The van der Waals surface area contributed by atoms with Crippen LogP contribution in [0.3, 0.4) is 0 Å². The third-order valence-electron chi connectivity index (χ3n) is 17.4. The Morgan fingerprint density at radius 3 is 0.795 bits per heavy atom. The van der Waals surface area contributed by atoms with E-state index in [-0.39, 0.29) is 0 Å². The number of aryl methyl sites for hydroxylation is 4. The van der Waals surface area contributed by atoms with Crippen molar-refractivity contribution in [1.29, 1.82) is 0 Å². The second-order valence-corrected chi connectivity index (χ2v) is 22.5. The van der Waals surface area contributed by atoms with E-state index in [2.05, 4.69) is 142 Å². The minimum atomic E-state index is 1.00. The third kappa shape index (κ3) is 12.6. The number of fused-ring (bicyclic) bond motifs is 8. The van der Waals surface area contributed by atoms with Gasteiger partial charge in [0.15, 0.2) is 0 Å². The van der Waals surface area contributed by atoms with E-state index in [1.165, 1.54) is 141 Å². The molecule has 4 aliphatic carbocycles. The first-order valence-electron chi connectivity index (χ1n) is 30.7. The summed E-state index contributed by atoms with van der Waals surface area (Å²) in [4.78, 5) is 25.2. The fourth-order valence-corrected chi connectivity index (χ4v) is 13.2. The molecule has 10 nitrogen and oxygen atoms in total. The van der Waals surface area contributed by atoms with E-state index in [0.717, 1.165) is 165 Å². The number of nitrogens with one attached hydrogen (secondary N) is 4. The van der Waals surface area contributed by atoms with Gasteiger partial charge in [0, 0.05) is 93.2 Å². The van der Waals surface area contributed by atoms with E-state index in [1.807, 2.05) is 0 Å². The van der Waals surface area contributed by atoms with Crippen LogP contribution in [0.1, 0.15) is 136 Å². The number of anilines is 4. The maximum absolute atomic E-state index is 4.99. The summed E-state index contributed by atoms with van der Waals surface area (Å²) in [6, 6.07) is 34.5. The van der Waals surface area contributed by atoms with Crippen molar-refractivity contribution in [2.75, 3.05) is 86.7 Å². The van der Waals surface area contributed by atoms with E-state index in [1.54, 1.807) is 0 Å². The van der Waals surface area contributed by atoms with Crippen LogP contribution in [0.4, 0.5) is 22.7 Å². The van der Waals surface area contributed by atoms with Crippen molar-refractivity contribution in [1.82, 2.24) is 29.7 Å². The molecule has 4 heterocycles. The van der Waals surface area contributed by atoms with Gasteiger partial charge < -0.3 is 31.1 Å². The van der Waals surface area contributed by atoms with Crippen LogP contribution in [0.15, 0.2) is 97.1 Å². The lowest BCUT2D eigenvalue weighted by molar-refractivity contribution is 0.286. The highest BCUT2D eigenvalue weighted by atomic mass is 15.1. The van der Waals surface area contributed by atoms with E-state index >= 15 is 0 Å². The van der Waals surface area contributed by atoms with Crippen LogP contribution in [0.25, 0.3) is 43.6 Å². The van der Waals surface area contributed by atoms with E-state index in [9.17, 15) is 0 Å². The van der Waals surface area contributed by atoms with Crippen LogP contribution in [-0.4, -0.2) is 95.2 Å². The zero-order chi connectivity index (χ0) is 52.9. The smallest absolute Gasteiger partial charge is 0.0726 e. The van der Waals surface area contributed by atoms with Gasteiger partial charge in [-0.25, -0.2) is 0 Å². The Labute approximate surface area is 465 Å². The van der Waals surface area contributed by atoms with Crippen molar-refractivity contribution in [2.45, 2.75) is 142 Å². The van der Waals surface area contributed by atoms with Crippen LogP contribution >= 0.6 is 0 Å². The molecule has 408 valence electrons. The monoisotopic (exact) mass is 1040 g/mol. The van der Waals surface area contributed by atoms with E-state index < -0.39 is 0 Å². The molecule has 4 aromatic heterocycles. The highest BCUT2D eigenvalue weighted by Gasteiger charge is 2.22. The topological polar surface area (TPSA) is 106 Å². The first kappa shape index (κ1) is 53.6. The molecule has 0 saturated heterocycles. The molecule has 4 aromatic carbocycles. The Hall–Kier alpha value is -6.36. The van der Waals surface area contributed by atoms with Gasteiger partial charge in [0.05, 0.1) is 22.1 Å². The SMILES string of the molecule is CCN(CCCNc1c2c(nc3ccccc13)CCCC2)CCCNc1c2c(nc3ccccc13)CCCC2.CCN(CCCNc1c2c(nc3ccccc13)CCCC2)CCCNc1c2c(nc3ccccc13)CCCC2. The summed E-state index contributed by atoms with van der Waals surface area (Å²) in [5.74, 6) is 0. The molecule has 0 bridgehead atoms. The van der Waals surface area contributed by atoms with Gasteiger partial charge in [0.25, 0.3) is 0 Å². The Morgan fingerprint density at radius 2 is 0.551 bits per heavy atom. The van der Waals surface area contributed by atoms with Crippen LogP contribution in [0.2, 0.25) is 0 Å². The number of hydrogen-bond donors (Lipinski definition) is 4. The standard InChI is InChI=1S/2C34H43N5/c2*1-2-39(23-11-21-35-33-25-13-3-7-17-29(25)37-30-18-8-4-14-26(30)33)24-12-22-36-34-27-15-5-9-19-31(27)38-32-20-10-6-16-28(32)34/h2*3,5,7,9,13,15,17,19H,2,4,6,8,10-12,14,16,18,20-24H2,1H3,(H,35,37)(H,36,38). The van der Waals surface area contributed by atoms with Gasteiger partial charge in [-0.3, -0.25) is 19.9 Å². The molecule has 0 unspecified atom stereocenters. The Morgan fingerprint density at radius 1 is 0.321 bits per heavy atom. The van der Waals surface area contributed by atoms with Crippen molar-refractivity contribution < 1.29 is 0 Å². The van der Waals surface area contributed by atoms with Gasteiger partial charge in [-0.1, -0.05) is 86.6 Å². The van der Waals surface area contributed by atoms with Crippen molar-refractivity contribution in [3.05, 3.63) is 142 Å². The number of nitrogens with zero attached hydrogens (tertiary/aromatic N) is 6. The first-order chi connectivity index (χ1) is 38.6. The largest absolute Gasteiger partial charge is 0.384 e. The van der Waals surface area contributed by atoms with E-state index in [0.29, 0.717) is 0 Å². The summed E-state index contributed by atoms with van der Waals surface area (Å²) in [5.41, 5.74) is 21.0. The van der Waals surface area contributed by atoms with Gasteiger partial charge in [-0.2, -0.15) is 0 Å². The zero-order valence-electron chi connectivity index (χ0n) is 47.1. The average Bonchev–Trinajstić information content (AvgIpc) is 3.58. The molecule has 8 aromatic rings. The van der Waals surface area contributed by atoms with Gasteiger partial charge >= 0.3 is 0 Å². The van der Waals surface area contributed by atoms with Crippen molar-refractivity contribution in [3.8, 4) is 0 Å².